The zero-order valence-electron chi connectivity index (χ0n) is 7.18. The van der Waals surface area contributed by atoms with Crippen molar-refractivity contribution in [1.82, 2.24) is 14.8 Å². The molecule has 0 bridgehead atoms. The van der Waals surface area contributed by atoms with Crippen LogP contribution in [0.1, 0.15) is 25.7 Å². The van der Waals surface area contributed by atoms with Crippen molar-refractivity contribution >= 4 is 5.97 Å². The van der Waals surface area contributed by atoms with E-state index < -0.39 is 11.5 Å². The van der Waals surface area contributed by atoms with Gasteiger partial charge >= 0.3 is 5.97 Å². The van der Waals surface area contributed by atoms with Crippen molar-refractivity contribution < 1.29 is 9.90 Å². The number of carboxylic acids is 1. The van der Waals surface area contributed by atoms with Gasteiger partial charge in [-0.3, -0.25) is 0 Å². The molecular formula is C8H11N3O2. The third kappa shape index (κ3) is 1.11. The summed E-state index contributed by atoms with van der Waals surface area (Å²) in [7, 11) is 0. The summed E-state index contributed by atoms with van der Waals surface area (Å²) in [5.41, 5.74) is -0.823. The first-order valence-corrected chi connectivity index (χ1v) is 4.34. The van der Waals surface area contributed by atoms with Gasteiger partial charge in [-0.25, -0.2) is 14.5 Å². The molecule has 70 valence electrons. The zero-order valence-corrected chi connectivity index (χ0v) is 7.18. The highest BCUT2D eigenvalue weighted by atomic mass is 16.4. The van der Waals surface area contributed by atoms with Crippen LogP contribution in [0.5, 0.6) is 0 Å². The molecule has 0 aromatic carbocycles. The Labute approximate surface area is 75.4 Å². The van der Waals surface area contributed by atoms with Crippen LogP contribution >= 0.6 is 0 Å². The lowest BCUT2D eigenvalue weighted by atomic mass is 9.98. The van der Waals surface area contributed by atoms with Crippen molar-refractivity contribution in [2.75, 3.05) is 0 Å². The summed E-state index contributed by atoms with van der Waals surface area (Å²) in [5.74, 6) is -0.796. The average Bonchev–Trinajstić information content (AvgIpc) is 2.75. The van der Waals surface area contributed by atoms with Crippen LogP contribution in [-0.4, -0.2) is 25.8 Å². The fourth-order valence-corrected chi connectivity index (χ4v) is 1.93. The number of aromatic nitrogens is 3. The van der Waals surface area contributed by atoms with Crippen LogP contribution in [-0.2, 0) is 10.3 Å². The van der Waals surface area contributed by atoms with Gasteiger partial charge in [0.05, 0.1) is 0 Å². The lowest BCUT2D eigenvalue weighted by Crippen LogP contribution is -2.39. The standard InChI is InChI=1S/C8H11N3O2/c12-7(13)8(3-1-2-4-8)11-6-9-5-10-11/h5-6H,1-4H2,(H,12,13). The third-order valence-electron chi connectivity index (χ3n) is 2.69. The molecular weight excluding hydrogens is 170 g/mol. The number of carbonyl (C=O) groups is 1. The highest BCUT2D eigenvalue weighted by Gasteiger charge is 2.43. The quantitative estimate of drug-likeness (QED) is 0.726. The first-order valence-electron chi connectivity index (χ1n) is 4.34. The predicted octanol–water partition coefficient (Wildman–Crippen LogP) is 0.632. The molecule has 1 fully saturated rings. The first kappa shape index (κ1) is 8.22. The minimum atomic E-state index is -0.823. The van der Waals surface area contributed by atoms with Crippen LogP contribution in [0.25, 0.3) is 0 Å². The van der Waals surface area contributed by atoms with Crippen molar-refractivity contribution in [3.05, 3.63) is 12.7 Å². The summed E-state index contributed by atoms with van der Waals surface area (Å²) < 4.78 is 1.47. The van der Waals surface area contributed by atoms with Crippen LogP contribution in [0.2, 0.25) is 0 Å². The van der Waals surface area contributed by atoms with E-state index in [1.165, 1.54) is 17.3 Å². The molecule has 1 aromatic rings. The molecule has 13 heavy (non-hydrogen) atoms. The Balaban J connectivity index is 2.39. The van der Waals surface area contributed by atoms with E-state index in [1.54, 1.807) is 0 Å². The van der Waals surface area contributed by atoms with Gasteiger partial charge in [-0.05, 0) is 12.8 Å². The topological polar surface area (TPSA) is 68.0 Å². The Morgan fingerprint density at radius 1 is 1.46 bits per heavy atom. The number of hydrogen-bond donors (Lipinski definition) is 1. The summed E-state index contributed by atoms with van der Waals surface area (Å²) in [6.45, 7) is 0. The molecule has 5 nitrogen and oxygen atoms in total. The zero-order chi connectivity index (χ0) is 9.31. The lowest BCUT2D eigenvalue weighted by molar-refractivity contribution is -0.147. The van der Waals surface area contributed by atoms with Crippen molar-refractivity contribution in [2.45, 2.75) is 31.2 Å². The van der Waals surface area contributed by atoms with E-state index in [0.717, 1.165) is 12.8 Å². The van der Waals surface area contributed by atoms with Gasteiger partial charge in [-0.2, -0.15) is 5.10 Å². The van der Waals surface area contributed by atoms with Crippen molar-refractivity contribution in [3.63, 3.8) is 0 Å². The second kappa shape index (κ2) is 2.83. The van der Waals surface area contributed by atoms with E-state index in [1.807, 2.05) is 0 Å². The molecule has 0 spiro atoms. The van der Waals surface area contributed by atoms with Gasteiger partial charge in [-0.1, -0.05) is 12.8 Å². The van der Waals surface area contributed by atoms with Gasteiger partial charge in [0.15, 0.2) is 5.54 Å². The number of rotatable bonds is 2. The highest BCUT2D eigenvalue weighted by molar-refractivity contribution is 5.76. The Morgan fingerprint density at radius 3 is 2.62 bits per heavy atom. The van der Waals surface area contributed by atoms with Gasteiger partial charge in [0.1, 0.15) is 12.7 Å². The van der Waals surface area contributed by atoms with Crippen molar-refractivity contribution in [1.29, 1.82) is 0 Å². The smallest absolute Gasteiger partial charge is 0.331 e. The molecule has 0 radical (unpaired) electrons. The summed E-state index contributed by atoms with van der Waals surface area (Å²) in [6.07, 6.45) is 6.08. The normalized spacial score (nSPS) is 20.3. The van der Waals surface area contributed by atoms with Crippen molar-refractivity contribution in [3.8, 4) is 0 Å². The third-order valence-corrected chi connectivity index (χ3v) is 2.69. The largest absolute Gasteiger partial charge is 0.479 e. The van der Waals surface area contributed by atoms with Crippen LogP contribution in [0.3, 0.4) is 0 Å². The Kier molecular flexibility index (Phi) is 1.79. The molecule has 0 unspecified atom stereocenters. The average molecular weight is 181 g/mol. The minimum Gasteiger partial charge on any atom is -0.479 e. The van der Waals surface area contributed by atoms with E-state index in [4.69, 9.17) is 5.11 Å². The minimum absolute atomic E-state index is 0.658. The second-order valence-electron chi connectivity index (χ2n) is 3.38. The first-order chi connectivity index (χ1) is 6.26. The number of carboxylic acid groups (broad SMARTS) is 1. The molecule has 1 aliphatic rings. The molecule has 5 heteroatoms. The highest BCUT2D eigenvalue weighted by Crippen LogP contribution is 2.35. The lowest BCUT2D eigenvalue weighted by Gasteiger charge is -2.23. The molecule has 0 atom stereocenters. The maximum Gasteiger partial charge on any atom is 0.331 e. The molecule has 1 aliphatic carbocycles. The van der Waals surface area contributed by atoms with Crippen molar-refractivity contribution in [2.24, 2.45) is 0 Å². The second-order valence-corrected chi connectivity index (χ2v) is 3.38. The molecule has 1 aromatic heterocycles. The number of hydrogen-bond acceptors (Lipinski definition) is 3. The maximum absolute atomic E-state index is 11.1. The SMILES string of the molecule is O=C(O)C1(n2cncn2)CCCC1. The fourth-order valence-electron chi connectivity index (χ4n) is 1.93. The number of aliphatic carboxylic acids is 1. The molecule has 1 N–H and O–H groups in total. The van der Waals surface area contributed by atoms with Gasteiger partial charge < -0.3 is 5.11 Å². The van der Waals surface area contributed by atoms with E-state index in [2.05, 4.69) is 10.1 Å². The summed E-state index contributed by atoms with van der Waals surface area (Å²) in [4.78, 5) is 14.9. The Hall–Kier alpha value is -1.39. The molecule has 1 saturated carbocycles. The molecule has 0 saturated heterocycles. The summed E-state index contributed by atoms with van der Waals surface area (Å²) in [5, 5.41) is 13.1. The fraction of sp³-hybridized carbons (Fsp3) is 0.625. The Morgan fingerprint density at radius 2 is 2.15 bits per heavy atom. The molecule has 2 rings (SSSR count). The summed E-state index contributed by atoms with van der Waals surface area (Å²) >= 11 is 0. The van der Waals surface area contributed by atoms with Gasteiger partial charge in [0.2, 0.25) is 0 Å². The number of nitrogens with zero attached hydrogens (tertiary/aromatic N) is 3. The van der Waals surface area contributed by atoms with E-state index >= 15 is 0 Å². The van der Waals surface area contributed by atoms with Crippen LogP contribution in [0.15, 0.2) is 12.7 Å². The van der Waals surface area contributed by atoms with Gasteiger partial charge in [0, 0.05) is 0 Å². The maximum atomic E-state index is 11.1. The predicted molar refractivity (Wildman–Crippen MR) is 44.1 cm³/mol. The molecule has 0 aliphatic heterocycles. The van der Waals surface area contributed by atoms with E-state index in [-0.39, 0.29) is 0 Å². The van der Waals surface area contributed by atoms with Gasteiger partial charge in [-0.15, -0.1) is 0 Å². The summed E-state index contributed by atoms with van der Waals surface area (Å²) in [6, 6.07) is 0. The van der Waals surface area contributed by atoms with Crippen LogP contribution < -0.4 is 0 Å². The van der Waals surface area contributed by atoms with Gasteiger partial charge in [0.25, 0.3) is 0 Å². The molecule has 0 amide bonds. The van der Waals surface area contributed by atoms with E-state index in [0.29, 0.717) is 12.8 Å². The van der Waals surface area contributed by atoms with Crippen LogP contribution in [0.4, 0.5) is 0 Å². The monoisotopic (exact) mass is 181 g/mol. The van der Waals surface area contributed by atoms with Crippen LogP contribution in [0, 0.1) is 0 Å². The van der Waals surface area contributed by atoms with E-state index in [9.17, 15) is 4.79 Å². The molecule has 1 heterocycles. The Bertz CT molecular complexity index is 301.